The second kappa shape index (κ2) is 5.30. The van der Waals surface area contributed by atoms with Crippen molar-refractivity contribution < 1.29 is 14.0 Å². The van der Waals surface area contributed by atoms with E-state index in [1.54, 1.807) is 0 Å². The van der Waals surface area contributed by atoms with Crippen LogP contribution in [-0.4, -0.2) is 18.1 Å². The van der Waals surface area contributed by atoms with Gasteiger partial charge in [-0.05, 0) is 18.6 Å². The fourth-order valence-corrected chi connectivity index (χ4v) is 5.80. The van der Waals surface area contributed by atoms with Crippen molar-refractivity contribution in [3.05, 3.63) is 0 Å². The van der Waals surface area contributed by atoms with Crippen LogP contribution < -0.4 is 0 Å². The fraction of sp³-hybridized carbons (Fsp3) is 1.00. The Balaban J connectivity index is 4.14. The van der Waals surface area contributed by atoms with Crippen molar-refractivity contribution in [1.82, 2.24) is 0 Å². The summed E-state index contributed by atoms with van der Waals surface area (Å²) in [5.41, 5.74) is 0.516. The summed E-state index contributed by atoms with van der Waals surface area (Å²) in [6, 6.07) is 0. The third kappa shape index (κ3) is 3.96. The lowest BCUT2D eigenvalue weighted by molar-refractivity contribution is 0.364. The van der Waals surface area contributed by atoms with Gasteiger partial charge in [0.2, 0.25) is 8.32 Å². The van der Waals surface area contributed by atoms with E-state index >= 15 is 0 Å². The Morgan fingerprint density at radius 1 is 1.25 bits per heavy atom. The maximum Gasteiger partial charge on any atom is 0.316 e. The average Bonchev–Trinajstić information content (AvgIpc) is 1.85. The zero-order chi connectivity index (χ0) is 9.78. The van der Waals surface area contributed by atoms with E-state index in [1.165, 1.54) is 0 Å². The van der Waals surface area contributed by atoms with E-state index in [1.807, 2.05) is 13.1 Å². The predicted molar refractivity (Wildman–Crippen MR) is 54.3 cm³/mol. The van der Waals surface area contributed by atoms with Gasteiger partial charge in [-0.2, -0.15) is 0 Å². The highest BCUT2D eigenvalue weighted by Gasteiger charge is 2.33. The molecule has 74 valence electrons. The van der Waals surface area contributed by atoms with Gasteiger partial charge in [0, 0.05) is 0 Å². The van der Waals surface area contributed by atoms with Crippen molar-refractivity contribution >= 4 is 16.9 Å². The van der Waals surface area contributed by atoms with Gasteiger partial charge < -0.3 is 14.0 Å². The van der Waals surface area contributed by atoms with E-state index in [0.29, 0.717) is 5.54 Å². The van der Waals surface area contributed by atoms with Crippen LogP contribution in [-0.2, 0) is 4.21 Å². The van der Waals surface area contributed by atoms with Crippen LogP contribution in [0, 0.1) is 0 Å². The second-order valence-corrected chi connectivity index (χ2v) is 8.72. The number of rotatable bonds is 5. The molecule has 0 aromatic rings. The Kier molecular flexibility index (Phi) is 5.53. The molecule has 3 nitrogen and oxygen atoms in total. The lowest BCUT2D eigenvalue weighted by Crippen LogP contribution is -2.34. The first-order valence-corrected chi connectivity index (χ1v) is 8.46. The SMILES string of the molecule is CCC(CC)[Si](C)(C)OP(O)O. The lowest BCUT2D eigenvalue weighted by Gasteiger charge is -2.30. The Hall–Kier alpha value is 0.527. The standard InChI is InChI=1S/C7H19O3PSi/c1-5-7(6-2)12(3,4)10-11(8)9/h7-9H,5-6H2,1-4H3. The van der Waals surface area contributed by atoms with Gasteiger partial charge in [0.25, 0.3) is 0 Å². The summed E-state index contributed by atoms with van der Waals surface area (Å²) < 4.78 is 5.20. The van der Waals surface area contributed by atoms with Crippen molar-refractivity contribution in [3.63, 3.8) is 0 Å². The van der Waals surface area contributed by atoms with E-state index in [-0.39, 0.29) is 0 Å². The molecule has 0 aromatic heterocycles. The molecule has 0 atom stereocenters. The second-order valence-electron chi connectivity index (χ2n) is 3.46. The molecule has 0 saturated carbocycles. The largest absolute Gasteiger partial charge is 0.354 e. The quantitative estimate of drug-likeness (QED) is 0.541. The summed E-state index contributed by atoms with van der Waals surface area (Å²) in [6.45, 7) is 8.30. The van der Waals surface area contributed by atoms with Crippen LogP contribution in [0.3, 0.4) is 0 Å². The molecule has 0 rings (SSSR count). The minimum absolute atomic E-state index is 0.516. The molecule has 0 radical (unpaired) electrons. The van der Waals surface area contributed by atoms with E-state index in [4.69, 9.17) is 14.0 Å². The van der Waals surface area contributed by atoms with Gasteiger partial charge in [0.15, 0.2) is 0 Å². The highest BCUT2D eigenvalue weighted by molar-refractivity contribution is 7.41. The average molecular weight is 210 g/mol. The first-order chi connectivity index (χ1) is 5.44. The van der Waals surface area contributed by atoms with E-state index in [2.05, 4.69) is 13.8 Å². The third-order valence-electron chi connectivity index (χ3n) is 2.29. The molecule has 0 aromatic carbocycles. The van der Waals surface area contributed by atoms with Crippen LogP contribution in [0.1, 0.15) is 26.7 Å². The highest BCUT2D eigenvalue weighted by atomic mass is 31.2. The van der Waals surface area contributed by atoms with Crippen LogP contribution in [0.15, 0.2) is 0 Å². The topological polar surface area (TPSA) is 49.7 Å². The van der Waals surface area contributed by atoms with Crippen LogP contribution in [0.4, 0.5) is 0 Å². The summed E-state index contributed by atoms with van der Waals surface area (Å²) >= 11 is 0. The Labute approximate surface area is 76.9 Å². The molecule has 12 heavy (non-hydrogen) atoms. The minimum Gasteiger partial charge on any atom is -0.354 e. The molecule has 0 aliphatic carbocycles. The molecule has 0 fully saturated rings. The Morgan fingerprint density at radius 3 is 1.92 bits per heavy atom. The molecule has 0 amide bonds. The van der Waals surface area contributed by atoms with E-state index in [0.717, 1.165) is 12.8 Å². The van der Waals surface area contributed by atoms with Crippen molar-refractivity contribution in [3.8, 4) is 0 Å². The van der Waals surface area contributed by atoms with E-state index in [9.17, 15) is 0 Å². The smallest absolute Gasteiger partial charge is 0.316 e. The van der Waals surface area contributed by atoms with Crippen LogP contribution in [0.2, 0.25) is 18.6 Å². The van der Waals surface area contributed by atoms with Crippen molar-refractivity contribution in [2.75, 3.05) is 0 Å². The Bertz CT molecular complexity index is 126. The van der Waals surface area contributed by atoms with Crippen LogP contribution in [0.5, 0.6) is 0 Å². The summed E-state index contributed by atoms with van der Waals surface area (Å²) in [5.74, 6) is 0. The van der Waals surface area contributed by atoms with Crippen molar-refractivity contribution in [1.29, 1.82) is 0 Å². The lowest BCUT2D eigenvalue weighted by atomic mass is 10.3. The normalized spacial score (nSPS) is 13.0. The molecule has 2 N–H and O–H groups in total. The monoisotopic (exact) mass is 210 g/mol. The van der Waals surface area contributed by atoms with Gasteiger partial charge in [-0.1, -0.05) is 26.7 Å². The maximum absolute atomic E-state index is 8.76. The highest BCUT2D eigenvalue weighted by Crippen LogP contribution is 2.38. The molecule has 0 aliphatic rings. The first kappa shape index (κ1) is 12.5. The summed E-state index contributed by atoms with van der Waals surface area (Å²) in [7, 11) is -4.04. The molecule has 0 heterocycles. The summed E-state index contributed by atoms with van der Waals surface area (Å²) in [6.07, 6.45) is 2.11. The third-order valence-corrected chi connectivity index (χ3v) is 7.60. The van der Waals surface area contributed by atoms with Gasteiger partial charge in [-0.25, -0.2) is 0 Å². The molecule has 5 heteroatoms. The zero-order valence-corrected chi connectivity index (χ0v) is 10.1. The zero-order valence-electron chi connectivity index (χ0n) is 8.24. The number of hydrogen-bond donors (Lipinski definition) is 2. The maximum atomic E-state index is 8.76. The van der Waals surface area contributed by atoms with Crippen LogP contribution >= 0.6 is 8.60 Å². The molecular formula is C7H19O3PSi. The van der Waals surface area contributed by atoms with Gasteiger partial charge in [0.1, 0.15) is 0 Å². The van der Waals surface area contributed by atoms with E-state index < -0.39 is 16.9 Å². The first-order valence-electron chi connectivity index (χ1n) is 4.31. The fourth-order valence-electron chi connectivity index (χ4n) is 1.56. The van der Waals surface area contributed by atoms with Gasteiger partial charge in [-0.15, -0.1) is 0 Å². The predicted octanol–water partition coefficient (Wildman–Crippen LogP) is 2.61. The molecule has 0 bridgehead atoms. The molecule has 0 spiro atoms. The van der Waals surface area contributed by atoms with Gasteiger partial charge >= 0.3 is 8.60 Å². The van der Waals surface area contributed by atoms with Gasteiger partial charge in [0.05, 0.1) is 0 Å². The molecule has 0 saturated heterocycles. The van der Waals surface area contributed by atoms with Crippen molar-refractivity contribution in [2.45, 2.75) is 45.3 Å². The minimum atomic E-state index is -2.17. The van der Waals surface area contributed by atoms with Gasteiger partial charge in [-0.3, -0.25) is 0 Å². The van der Waals surface area contributed by atoms with Crippen molar-refractivity contribution in [2.24, 2.45) is 0 Å². The summed E-state index contributed by atoms with van der Waals surface area (Å²) in [4.78, 5) is 17.5. The Morgan fingerprint density at radius 2 is 1.67 bits per heavy atom. The van der Waals surface area contributed by atoms with Crippen LogP contribution in [0.25, 0.3) is 0 Å². The molecule has 0 aliphatic heterocycles. The molecule has 0 unspecified atom stereocenters. The summed E-state index contributed by atoms with van der Waals surface area (Å²) in [5, 5.41) is 0. The number of hydrogen-bond acceptors (Lipinski definition) is 3. The molecular weight excluding hydrogens is 191 g/mol.